The zero-order valence-electron chi connectivity index (χ0n) is 13.0. The Morgan fingerprint density at radius 1 is 1.43 bits per heavy atom. The Hall–Kier alpha value is -2.05. The molecule has 1 aromatic heterocycles. The molecule has 0 radical (unpaired) electrons. The van der Waals surface area contributed by atoms with E-state index in [1.54, 1.807) is 6.07 Å². The summed E-state index contributed by atoms with van der Waals surface area (Å²) in [5.74, 6) is 0.285. The molecule has 2 heterocycles. The number of aromatic amines is 1. The van der Waals surface area contributed by atoms with Crippen LogP contribution in [-0.2, 0) is 13.0 Å². The smallest absolute Gasteiger partial charge is 0.251 e. The normalized spacial score (nSPS) is 21.7. The molecule has 0 amide bonds. The van der Waals surface area contributed by atoms with Crippen molar-refractivity contribution in [2.45, 2.75) is 38.5 Å². The van der Waals surface area contributed by atoms with E-state index in [2.05, 4.69) is 9.97 Å². The molecule has 0 aliphatic carbocycles. The van der Waals surface area contributed by atoms with Gasteiger partial charge in [0.15, 0.2) is 0 Å². The SMILES string of the molecule is CCc1cc(=O)[nH]c(CN2C[C@H](O)C[C@@H]2c2cccc(F)c2)n1. The van der Waals surface area contributed by atoms with Gasteiger partial charge in [0.05, 0.1) is 12.6 Å². The van der Waals surface area contributed by atoms with E-state index in [0.717, 1.165) is 11.3 Å². The van der Waals surface area contributed by atoms with Crippen molar-refractivity contribution in [2.24, 2.45) is 0 Å². The maximum atomic E-state index is 13.5. The van der Waals surface area contributed by atoms with Crippen LogP contribution in [0, 0.1) is 5.82 Å². The number of likely N-dealkylation sites (tertiary alicyclic amines) is 1. The van der Waals surface area contributed by atoms with Crippen LogP contribution in [0.2, 0.25) is 0 Å². The summed E-state index contributed by atoms with van der Waals surface area (Å²) < 4.78 is 13.5. The molecule has 3 rings (SSSR count). The van der Waals surface area contributed by atoms with E-state index in [-0.39, 0.29) is 17.4 Å². The van der Waals surface area contributed by atoms with Crippen molar-refractivity contribution >= 4 is 0 Å². The molecule has 1 aliphatic rings. The van der Waals surface area contributed by atoms with Crippen LogP contribution in [0.5, 0.6) is 0 Å². The number of aliphatic hydroxyl groups excluding tert-OH is 1. The predicted octanol–water partition coefficient (Wildman–Crippen LogP) is 1.78. The predicted molar refractivity (Wildman–Crippen MR) is 84.4 cm³/mol. The van der Waals surface area contributed by atoms with Crippen molar-refractivity contribution in [3.8, 4) is 0 Å². The third kappa shape index (κ3) is 3.65. The van der Waals surface area contributed by atoms with E-state index in [9.17, 15) is 14.3 Å². The second-order valence-corrected chi connectivity index (χ2v) is 5.93. The molecule has 2 aromatic rings. The van der Waals surface area contributed by atoms with E-state index in [1.165, 1.54) is 18.2 Å². The lowest BCUT2D eigenvalue weighted by Crippen LogP contribution is -2.27. The minimum Gasteiger partial charge on any atom is -0.392 e. The molecule has 1 saturated heterocycles. The number of nitrogens with zero attached hydrogens (tertiary/aromatic N) is 2. The van der Waals surface area contributed by atoms with Crippen molar-refractivity contribution in [1.29, 1.82) is 0 Å². The monoisotopic (exact) mass is 317 g/mol. The molecule has 2 atom stereocenters. The van der Waals surface area contributed by atoms with Crippen LogP contribution in [0.15, 0.2) is 35.1 Å². The fraction of sp³-hybridized carbons (Fsp3) is 0.412. The number of nitrogens with one attached hydrogen (secondary N) is 1. The number of aromatic nitrogens is 2. The third-order valence-electron chi connectivity index (χ3n) is 4.17. The molecule has 1 fully saturated rings. The first-order valence-corrected chi connectivity index (χ1v) is 7.82. The summed E-state index contributed by atoms with van der Waals surface area (Å²) in [7, 11) is 0. The minimum atomic E-state index is -0.468. The average molecular weight is 317 g/mol. The van der Waals surface area contributed by atoms with Crippen molar-refractivity contribution in [3.05, 3.63) is 63.6 Å². The quantitative estimate of drug-likeness (QED) is 0.902. The summed E-state index contributed by atoms with van der Waals surface area (Å²) in [5.41, 5.74) is 1.40. The number of rotatable bonds is 4. The number of aryl methyl sites for hydroxylation is 1. The van der Waals surface area contributed by atoms with Gasteiger partial charge in [-0.25, -0.2) is 9.37 Å². The molecule has 1 aromatic carbocycles. The largest absolute Gasteiger partial charge is 0.392 e. The van der Waals surface area contributed by atoms with E-state index in [4.69, 9.17) is 0 Å². The van der Waals surface area contributed by atoms with Gasteiger partial charge < -0.3 is 10.1 Å². The van der Waals surface area contributed by atoms with Gasteiger partial charge in [0.2, 0.25) is 0 Å². The Labute approximate surface area is 133 Å². The van der Waals surface area contributed by atoms with E-state index in [1.807, 2.05) is 17.9 Å². The number of benzene rings is 1. The second kappa shape index (κ2) is 6.60. The minimum absolute atomic E-state index is 0.0868. The van der Waals surface area contributed by atoms with Crippen LogP contribution in [0.1, 0.15) is 36.5 Å². The van der Waals surface area contributed by atoms with Gasteiger partial charge in [-0.2, -0.15) is 0 Å². The van der Waals surface area contributed by atoms with Crippen LogP contribution in [-0.4, -0.2) is 32.6 Å². The lowest BCUT2D eigenvalue weighted by atomic mass is 10.0. The highest BCUT2D eigenvalue weighted by molar-refractivity contribution is 5.22. The van der Waals surface area contributed by atoms with Crippen molar-refractivity contribution in [2.75, 3.05) is 6.54 Å². The maximum Gasteiger partial charge on any atom is 0.251 e. The van der Waals surface area contributed by atoms with Gasteiger partial charge >= 0.3 is 0 Å². The topological polar surface area (TPSA) is 69.2 Å². The molecule has 2 N–H and O–H groups in total. The lowest BCUT2D eigenvalue weighted by Gasteiger charge is -2.24. The fourth-order valence-corrected chi connectivity index (χ4v) is 3.13. The highest BCUT2D eigenvalue weighted by Gasteiger charge is 2.32. The highest BCUT2D eigenvalue weighted by Crippen LogP contribution is 2.33. The third-order valence-corrected chi connectivity index (χ3v) is 4.17. The Morgan fingerprint density at radius 2 is 2.26 bits per heavy atom. The zero-order valence-corrected chi connectivity index (χ0v) is 13.0. The van der Waals surface area contributed by atoms with E-state index >= 15 is 0 Å². The molecule has 5 nitrogen and oxygen atoms in total. The van der Waals surface area contributed by atoms with E-state index < -0.39 is 6.10 Å². The van der Waals surface area contributed by atoms with Crippen LogP contribution >= 0.6 is 0 Å². The van der Waals surface area contributed by atoms with Gasteiger partial charge in [0, 0.05) is 24.3 Å². The molecule has 6 heteroatoms. The van der Waals surface area contributed by atoms with Gasteiger partial charge in [0.1, 0.15) is 11.6 Å². The summed E-state index contributed by atoms with van der Waals surface area (Å²) in [5, 5.41) is 10.0. The molecule has 0 saturated carbocycles. The van der Waals surface area contributed by atoms with Gasteiger partial charge in [-0.15, -0.1) is 0 Å². The molecule has 23 heavy (non-hydrogen) atoms. The molecular weight excluding hydrogens is 297 g/mol. The van der Waals surface area contributed by atoms with Gasteiger partial charge in [-0.3, -0.25) is 9.69 Å². The summed E-state index contributed by atoms with van der Waals surface area (Å²) in [6.45, 7) is 2.84. The molecule has 0 unspecified atom stereocenters. The van der Waals surface area contributed by atoms with Crippen molar-refractivity contribution in [1.82, 2.24) is 14.9 Å². The number of halogens is 1. The highest BCUT2D eigenvalue weighted by atomic mass is 19.1. The first kappa shape index (κ1) is 15.8. The Kier molecular flexibility index (Phi) is 4.54. The van der Waals surface area contributed by atoms with Crippen molar-refractivity contribution < 1.29 is 9.50 Å². The van der Waals surface area contributed by atoms with Crippen LogP contribution in [0.25, 0.3) is 0 Å². The summed E-state index contributed by atoms with van der Waals surface area (Å²) >= 11 is 0. The fourth-order valence-electron chi connectivity index (χ4n) is 3.13. The van der Waals surface area contributed by atoms with Crippen LogP contribution in [0.3, 0.4) is 0 Å². The van der Waals surface area contributed by atoms with Gasteiger partial charge in [-0.05, 0) is 30.5 Å². The number of H-pyrrole nitrogens is 1. The van der Waals surface area contributed by atoms with Crippen LogP contribution < -0.4 is 5.56 Å². The molecule has 122 valence electrons. The Bertz CT molecular complexity index is 747. The van der Waals surface area contributed by atoms with Gasteiger partial charge in [0.25, 0.3) is 5.56 Å². The molecule has 0 bridgehead atoms. The molecule has 0 spiro atoms. The number of hydrogen-bond acceptors (Lipinski definition) is 4. The van der Waals surface area contributed by atoms with Crippen LogP contribution in [0.4, 0.5) is 4.39 Å². The lowest BCUT2D eigenvalue weighted by molar-refractivity contribution is 0.171. The zero-order chi connectivity index (χ0) is 16.4. The first-order valence-electron chi connectivity index (χ1n) is 7.82. The Balaban J connectivity index is 1.85. The molecular formula is C17H20FN3O2. The average Bonchev–Trinajstić information content (AvgIpc) is 2.87. The maximum absolute atomic E-state index is 13.5. The Morgan fingerprint density at radius 3 is 3.00 bits per heavy atom. The standard InChI is InChI=1S/C17H20FN3O2/c1-2-13-7-17(23)20-16(19-13)10-21-9-14(22)8-15(21)11-4-3-5-12(18)6-11/h3-7,14-15,22H,2,8-10H2,1H3,(H,19,20,23)/t14-,15-/m1/s1. The number of hydrogen-bond donors (Lipinski definition) is 2. The van der Waals surface area contributed by atoms with E-state index in [0.29, 0.717) is 31.8 Å². The number of aliphatic hydroxyl groups is 1. The summed E-state index contributed by atoms with van der Waals surface area (Å²) in [4.78, 5) is 20.9. The second-order valence-electron chi connectivity index (χ2n) is 5.93. The van der Waals surface area contributed by atoms with Gasteiger partial charge in [-0.1, -0.05) is 19.1 Å². The summed E-state index contributed by atoms with van der Waals surface area (Å²) in [6, 6.07) is 7.84. The summed E-state index contributed by atoms with van der Waals surface area (Å²) in [6.07, 6.45) is 0.762. The first-order chi connectivity index (χ1) is 11.0. The number of β-amino-alcohol motifs (C(OH)–C–C–N with tert-alkyl or cyclic N) is 1. The van der Waals surface area contributed by atoms with Crippen molar-refractivity contribution in [3.63, 3.8) is 0 Å². The molecule has 1 aliphatic heterocycles.